The van der Waals surface area contributed by atoms with Gasteiger partial charge in [-0.1, -0.05) is 19.1 Å². The molecule has 25 heavy (non-hydrogen) atoms. The van der Waals surface area contributed by atoms with Crippen molar-refractivity contribution in [3.8, 4) is 0 Å². The molecule has 0 radical (unpaired) electrons. The van der Waals surface area contributed by atoms with Gasteiger partial charge in [-0.25, -0.2) is 9.37 Å². The first-order valence-corrected chi connectivity index (χ1v) is 8.03. The maximum atomic E-state index is 12.9. The zero-order valence-electron chi connectivity index (χ0n) is 13.8. The number of pyridine rings is 1. The van der Waals surface area contributed by atoms with E-state index in [0.717, 1.165) is 17.8 Å². The summed E-state index contributed by atoms with van der Waals surface area (Å²) in [4.78, 5) is 16.3. The Balaban J connectivity index is 1.63. The van der Waals surface area contributed by atoms with E-state index in [9.17, 15) is 9.18 Å². The van der Waals surface area contributed by atoms with Crippen molar-refractivity contribution in [3.05, 3.63) is 83.8 Å². The van der Waals surface area contributed by atoms with Gasteiger partial charge in [0.05, 0.1) is 11.9 Å². The number of aryl methyl sites for hydroxylation is 1. The number of carbonyl (C=O) groups is 1. The van der Waals surface area contributed by atoms with Crippen LogP contribution >= 0.6 is 0 Å². The Bertz CT molecular complexity index is 844. The van der Waals surface area contributed by atoms with Gasteiger partial charge in [0.1, 0.15) is 11.6 Å². The predicted molar refractivity (Wildman–Crippen MR) is 97.7 cm³/mol. The van der Waals surface area contributed by atoms with Crippen LogP contribution in [0.4, 0.5) is 21.6 Å². The summed E-state index contributed by atoms with van der Waals surface area (Å²) in [6.45, 7) is 2.12. The molecule has 5 heteroatoms. The minimum Gasteiger partial charge on any atom is -0.354 e. The lowest BCUT2D eigenvalue weighted by Gasteiger charge is -2.08. The molecule has 1 heterocycles. The van der Waals surface area contributed by atoms with Crippen LogP contribution in [-0.2, 0) is 6.42 Å². The van der Waals surface area contributed by atoms with Gasteiger partial charge in [0, 0.05) is 11.3 Å². The minimum atomic E-state index is -0.378. The molecular weight excluding hydrogens is 317 g/mol. The average Bonchev–Trinajstić information content (AvgIpc) is 2.64. The Morgan fingerprint density at radius 1 is 0.960 bits per heavy atom. The summed E-state index contributed by atoms with van der Waals surface area (Å²) in [7, 11) is 0. The third kappa shape index (κ3) is 4.41. The highest BCUT2D eigenvalue weighted by Crippen LogP contribution is 2.18. The molecule has 3 aromatic rings. The zero-order valence-corrected chi connectivity index (χ0v) is 13.8. The number of rotatable bonds is 5. The van der Waals surface area contributed by atoms with Crippen LogP contribution < -0.4 is 10.6 Å². The lowest BCUT2D eigenvalue weighted by Crippen LogP contribution is -2.12. The normalized spacial score (nSPS) is 10.3. The summed E-state index contributed by atoms with van der Waals surface area (Å²) in [5.74, 6) is -0.276. The number of nitrogens with one attached hydrogen (secondary N) is 2. The van der Waals surface area contributed by atoms with Crippen LogP contribution in [0, 0.1) is 5.82 Å². The fourth-order valence-corrected chi connectivity index (χ4v) is 2.32. The number of anilines is 3. The number of carbonyl (C=O) groups excluding carboxylic acids is 1. The van der Waals surface area contributed by atoms with Crippen LogP contribution in [0.1, 0.15) is 22.8 Å². The third-order valence-electron chi connectivity index (χ3n) is 3.76. The van der Waals surface area contributed by atoms with Crippen LogP contribution in [-0.4, -0.2) is 10.9 Å². The summed E-state index contributed by atoms with van der Waals surface area (Å²) in [5.41, 5.74) is 3.45. The Hall–Kier alpha value is -3.21. The fourth-order valence-electron chi connectivity index (χ4n) is 2.32. The SMILES string of the molecule is CCc1ccc(Nc2ccc(NC(=O)c3ccc(F)cc3)nc2)cc1. The molecule has 0 bridgehead atoms. The lowest BCUT2D eigenvalue weighted by molar-refractivity contribution is 0.102. The molecule has 0 spiro atoms. The molecular formula is C20H18FN3O. The van der Waals surface area contributed by atoms with Gasteiger partial charge in [-0.3, -0.25) is 4.79 Å². The molecule has 126 valence electrons. The largest absolute Gasteiger partial charge is 0.354 e. The van der Waals surface area contributed by atoms with Gasteiger partial charge in [-0.15, -0.1) is 0 Å². The number of benzene rings is 2. The standard InChI is InChI=1S/C20H18FN3O/c1-2-14-3-9-17(10-4-14)23-18-11-12-19(22-13-18)24-20(25)15-5-7-16(21)8-6-15/h3-13,23H,2H2,1H3,(H,22,24,25). The summed E-state index contributed by atoms with van der Waals surface area (Å²) in [6.07, 6.45) is 2.65. The van der Waals surface area contributed by atoms with Gasteiger partial charge in [0.25, 0.3) is 5.91 Å². The summed E-state index contributed by atoms with van der Waals surface area (Å²) >= 11 is 0. The van der Waals surface area contributed by atoms with E-state index in [1.807, 2.05) is 18.2 Å². The monoisotopic (exact) mass is 335 g/mol. The lowest BCUT2D eigenvalue weighted by atomic mass is 10.1. The molecule has 1 amide bonds. The van der Waals surface area contributed by atoms with E-state index < -0.39 is 0 Å². The first-order valence-electron chi connectivity index (χ1n) is 8.03. The highest BCUT2D eigenvalue weighted by Gasteiger charge is 2.07. The number of hydrogen-bond donors (Lipinski definition) is 2. The molecule has 4 nitrogen and oxygen atoms in total. The average molecular weight is 335 g/mol. The molecule has 0 fully saturated rings. The van der Waals surface area contributed by atoms with E-state index in [1.54, 1.807) is 12.3 Å². The number of amides is 1. The maximum Gasteiger partial charge on any atom is 0.256 e. The summed E-state index contributed by atoms with van der Waals surface area (Å²) in [5, 5.41) is 5.94. The highest BCUT2D eigenvalue weighted by atomic mass is 19.1. The van der Waals surface area contributed by atoms with Gasteiger partial charge in [0.2, 0.25) is 0 Å². The Labute approximate surface area is 145 Å². The molecule has 3 rings (SSSR count). The Kier molecular flexibility index (Phi) is 5.04. The molecule has 0 saturated heterocycles. The third-order valence-corrected chi connectivity index (χ3v) is 3.76. The van der Waals surface area contributed by atoms with Crippen molar-refractivity contribution in [2.24, 2.45) is 0 Å². The van der Waals surface area contributed by atoms with Gasteiger partial charge in [-0.2, -0.15) is 0 Å². The fraction of sp³-hybridized carbons (Fsp3) is 0.100. The Morgan fingerprint density at radius 3 is 2.24 bits per heavy atom. The molecule has 0 aliphatic heterocycles. The molecule has 0 unspecified atom stereocenters. The van der Waals surface area contributed by atoms with Crippen LogP contribution in [0.25, 0.3) is 0 Å². The summed E-state index contributed by atoms with van der Waals surface area (Å²) in [6, 6.07) is 17.1. The molecule has 1 aromatic heterocycles. The van der Waals surface area contributed by atoms with Gasteiger partial charge < -0.3 is 10.6 Å². The zero-order chi connectivity index (χ0) is 17.6. The Morgan fingerprint density at radius 2 is 1.64 bits per heavy atom. The first-order chi connectivity index (χ1) is 12.1. The van der Waals surface area contributed by atoms with Crippen LogP contribution in [0.2, 0.25) is 0 Å². The van der Waals surface area contributed by atoms with E-state index >= 15 is 0 Å². The molecule has 0 aliphatic carbocycles. The number of halogens is 1. The van der Waals surface area contributed by atoms with Crippen LogP contribution in [0.3, 0.4) is 0 Å². The molecule has 2 N–H and O–H groups in total. The van der Waals surface area contributed by atoms with E-state index in [4.69, 9.17) is 0 Å². The van der Waals surface area contributed by atoms with Gasteiger partial charge >= 0.3 is 0 Å². The molecule has 0 saturated carbocycles. The predicted octanol–water partition coefficient (Wildman–Crippen LogP) is 4.78. The van der Waals surface area contributed by atoms with E-state index in [0.29, 0.717) is 11.4 Å². The maximum absolute atomic E-state index is 12.9. The minimum absolute atomic E-state index is 0.330. The van der Waals surface area contributed by atoms with Crippen molar-refractivity contribution in [2.75, 3.05) is 10.6 Å². The van der Waals surface area contributed by atoms with Gasteiger partial charge in [0.15, 0.2) is 0 Å². The second-order valence-electron chi connectivity index (χ2n) is 5.57. The number of nitrogens with zero attached hydrogens (tertiary/aromatic N) is 1. The van der Waals surface area contributed by atoms with Crippen LogP contribution in [0.5, 0.6) is 0 Å². The van der Waals surface area contributed by atoms with Crippen molar-refractivity contribution in [2.45, 2.75) is 13.3 Å². The van der Waals surface area contributed by atoms with Crippen molar-refractivity contribution < 1.29 is 9.18 Å². The van der Waals surface area contributed by atoms with Crippen LogP contribution in [0.15, 0.2) is 66.9 Å². The highest BCUT2D eigenvalue weighted by molar-refractivity contribution is 6.03. The second kappa shape index (κ2) is 7.57. The van der Waals surface area contributed by atoms with E-state index in [2.05, 4.69) is 34.7 Å². The topological polar surface area (TPSA) is 54.0 Å². The summed E-state index contributed by atoms with van der Waals surface area (Å²) < 4.78 is 12.9. The molecule has 0 aliphatic rings. The number of aromatic nitrogens is 1. The van der Waals surface area contributed by atoms with Crippen molar-refractivity contribution in [3.63, 3.8) is 0 Å². The molecule has 0 atom stereocenters. The quantitative estimate of drug-likeness (QED) is 0.705. The number of hydrogen-bond acceptors (Lipinski definition) is 3. The van der Waals surface area contributed by atoms with E-state index in [1.165, 1.54) is 29.8 Å². The van der Waals surface area contributed by atoms with E-state index in [-0.39, 0.29) is 11.7 Å². The smallest absolute Gasteiger partial charge is 0.256 e. The van der Waals surface area contributed by atoms with Crippen molar-refractivity contribution in [1.29, 1.82) is 0 Å². The molecule has 2 aromatic carbocycles. The first kappa shape index (κ1) is 16.6. The van der Waals surface area contributed by atoms with Crippen molar-refractivity contribution in [1.82, 2.24) is 4.98 Å². The van der Waals surface area contributed by atoms with Crippen molar-refractivity contribution >= 4 is 23.1 Å². The second-order valence-corrected chi connectivity index (χ2v) is 5.57. The van der Waals surface area contributed by atoms with Gasteiger partial charge in [-0.05, 0) is 60.5 Å².